The lowest BCUT2D eigenvalue weighted by Gasteiger charge is -2.18. The zero-order valence-electron chi connectivity index (χ0n) is 11.7. The first kappa shape index (κ1) is 13.7. The van der Waals surface area contributed by atoms with E-state index in [9.17, 15) is 0 Å². The van der Waals surface area contributed by atoms with Crippen LogP contribution >= 0.6 is 11.3 Å². The maximum Gasteiger partial charge on any atom is 0.116 e. The molecule has 0 saturated carbocycles. The lowest BCUT2D eigenvalue weighted by molar-refractivity contribution is 0.150. The van der Waals surface area contributed by atoms with Gasteiger partial charge >= 0.3 is 0 Å². The Morgan fingerprint density at radius 2 is 2.20 bits per heavy atom. The Labute approximate surface area is 123 Å². The molecule has 0 N–H and O–H groups in total. The van der Waals surface area contributed by atoms with Gasteiger partial charge in [0.2, 0.25) is 0 Å². The smallest absolute Gasteiger partial charge is 0.116 e. The van der Waals surface area contributed by atoms with Crippen molar-refractivity contribution in [1.29, 1.82) is 0 Å². The molecule has 0 amide bonds. The summed E-state index contributed by atoms with van der Waals surface area (Å²) in [5.74, 6) is 0. The third kappa shape index (κ3) is 2.90. The molecular weight excluding hydrogens is 270 g/mol. The Balaban J connectivity index is 1.83. The van der Waals surface area contributed by atoms with Crippen LogP contribution < -0.4 is 0 Å². The molecule has 0 aromatic carbocycles. The zero-order valence-corrected chi connectivity index (χ0v) is 12.5. The van der Waals surface area contributed by atoms with Crippen LogP contribution in [0.25, 0.3) is 11.3 Å². The first-order valence-electron chi connectivity index (χ1n) is 6.95. The second kappa shape index (κ2) is 6.43. The predicted octanol–water partition coefficient (Wildman–Crippen LogP) is 2.25. The van der Waals surface area contributed by atoms with Crippen molar-refractivity contribution in [2.45, 2.75) is 12.8 Å². The fraction of sp³-hybridized carbons (Fsp3) is 0.467. The highest BCUT2D eigenvalue weighted by atomic mass is 32.1. The lowest BCUT2D eigenvalue weighted by Crippen LogP contribution is -2.29. The fourth-order valence-corrected chi connectivity index (χ4v) is 3.31. The van der Waals surface area contributed by atoms with Crippen LogP contribution in [0.1, 0.15) is 11.3 Å². The minimum absolute atomic E-state index is 0.791. The summed E-state index contributed by atoms with van der Waals surface area (Å²) in [6, 6.07) is 2.14. The van der Waals surface area contributed by atoms with Gasteiger partial charge in [0, 0.05) is 55.4 Å². The average molecular weight is 289 g/mol. The number of thiophene rings is 1. The second-order valence-corrected chi connectivity index (χ2v) is 5.77. The summed E-state index contributed by atoms with van der Waals surface area (Å²) in [7, 11) is 1.76. The summed E-state index contributed by atoms with van der Waals surface area (Å²) in [5.41, 5.74) is 4.87. The molecule has 0 atom stereocenters. The number of nitrogens with zero attached hydrogens (tertiary/aromatic N) is 3. The Hall–Kier alpha value is -1.30. The number of rotatable bonds is 4. The topological polar surface area (TPSA) is 38.2 Å². The molecular formula is C15H19N3OS. The quantitative estimate of drug-likeness (QED) is 0.865. The number of fused-ring (bicyclic) bond motifs is 1. The van der Waals surface area contributed by atoms with E-state index in [0.29, 0.717) is 0 Å². The van der Waals surface area contributed by atoms with E-state index in [1.807, 2.05) is 0 Å². The molecule has 0 unspecified atom stereocenters. The molecule has 0 saturated heterocycles. The van der Waals surface area contributed by atoms with Gasteiger partial charge in [-0.2, -0.15) is 11.3 Å². The first-order chi connectivity index (χ1) is 9.88. The number of methoxy groups -OCH3 is 1. The van der Waals surface area contributed by atoms with E-state index in [-0.39, 0.29) is 0 Å². The van der Waals surface area contributed by atoms with Gasteiger partial charge in [0.1, 0.15) is 6.33 Å². The molecule has 4 nitrogen and oxygen atoms in total. The van der Waals surface area contributed by atoms with E-state index in [4.69, 9.17) is 4.74 Å². The second-order valence-electron chi connectivity index (χ2n) is 4.99. The van der Waals surface area contributed by atoms with Crippen LogP contribution in [0.4, 0.5) is 0 Å². The van der Waals surface area contributed by atoms with E-state index < -0.39 is 0 Å². The van der Waals surface area contributed by atoms with Crippen LogP contribution in [0.15, 0.2) is 23.2 Å². The number of hydrogen-bond donors (Lipinski definition) is 0. The van der Waals surface area contributed by atoms with Gasteiger partial charge in [-0.25, -0.2) is 9.97 Å². The number of aromatic nitrogens is 2. The molecule has 2 aromatic rings. The van der Waals surface area contributed by atoms with Crippen molar-refractivity contribution in [2.24, 2.45) is 0 Å². The van der Waals surface area contributed by atoms with Gasteiger partial charge in [-0.3, -0.25) is 0 Å². The van der Waals surface area contributed by atoms with Gasteiger partial charge < -0.3 is 9.64 Å². The van der Waals surface area contributed by atoms with E-state index in [2.05, 4.69) is 31.7 Å². The molecule has 0 aliphatic carbocycles. The highest BCUT2D eigenvalue weighted by Crippen LogP contribution is 2.27. The molecule has 3 rings (SSSR count). The normalized spacial score (nSPS) is 15.8. The monoisotopic (exact) mass is 289 g/mol. The summed E-state index contributed by atoms with van der Waals surface area (Å²) < 4.78 is 5.18. The van der Waals surface area contributed by atoms with Crippen molar-refractivity contribution in [1.82, 2.24) is 14.9 Å². The molecule has 3 heterocycles. The van der Waals surface area contributed by atoms with Crippen molar-refractivity contribution in [2.75, 3.05) is 33.4 Å². The first-order valence-corrected chi connectivity index (χ1v) is 7.89. The SMILES string of the molecule is COCCN1CCc2ncnc(-c3ccsc3)c2CC1. The Morgan fingerprint density at radius 1 is 1.30 bits per heavy atom. The van der Waals surface area contributed by atoms with Crippen LogP contribution in [0.5, 0.6) is 0 Å². The summed E-state index contributed by atoms with van der Waals surface area (Å²) in [5, 5.41) is 4.27. The minimum atomic E-state index is 0.791. The molecule has 5 heteroatoms. The van der Waals surface area contributed by atoms with Crippen LogP contribution in [0, 0.1) is 0 Å². The molecule has 0 spiro atoms. The summed E-state index contributed by atoms with van der Waals surface area (Å²) in [6.45, 7) is 3.89. The summed E-state index contributed by atoms with van der Waals surface area (Å²) in [6.07, 6.45) is 3.72. The van der Waals surface area contributed by atoms with Gasteiger partial charge in [0.15, 0.2) is 0 Å². The average Bonchev–Trinajstić information content (AvgIpc) is 2.93. The highest BCUT2D eigenvalue weighted by Gasteiger charge is 2.19. The van der Waals surface area contributed by atoms with Gasteiger partial charge in [-0.1, -0.05) is 0 Å². The van der Waals surface area contributed by atoms with Crippen LogP contribution in [0.2, 0.25) is 0 Å². The van der Waals surface area contributed by atoms with Gasteiger partial charge in [0.05, 0.1) is 12.3 Å². The molecule has 2 aromatic heterocycles. The third-order valence-electron chi connectivity index (χ3n) is 3.78. The summed E-state index contributed by atoms with van der Waals surface area (Å²) >= 11 is 1.71. The predicted molar refractivity (Wildman–Crippen MR) is 81.1 cm³/mol. The van der Waals surface area contributed by atoms with Gasteiger partial charge in [-0.15, -0.1) is 0 Å². The van der Waals surface area contributed by atoms with Crippen molar-refractivity contribution >= 4 is 11.3 Å². The van der Waals surface area contributed by atoms with Crippen molar-refractivity contribution in [3.63, 3.8) is 0 Å². The standard InChI is InChI=1S/C15H19N3OS/c1-19-8-7-18-5-2-13-14(3-6-18)16-11-17-15(13)12-4-9-20-10-12/h4,9-11H,2-3,5-8H2,1H3. The maximum atomic E-state index is 5.18. The Morgan fingerprint density at radius 3 is 3.00 bits per heavy atom. The van der Waals surface area contributed by atoms with Crippen LogP contribution in [-0.4, -0.2) is 48.2 Å². The minimum Gasteiger partial charge on any atom is -0.383 e. The van der Waals surface area contributed by atoms with Gasteiger partial charge in [-0.05, 0) is 17.9 Å². The Kier molecular flexibility index (Phi) is 4.40. The zero-order chi connectivity index (χ0) is 13.8. The van der Waals surface area contributed by atoms with E-state index in [0.717, 1.165) is 44.8 Å². The van der Waals surface area contributed by atoms with E-state index in [1.54, 1.807) is 24.8 Å². The molecule has 1 aliphatic heterocycles. The van der Waals surface area contributed by atoms with Crippen LogP contribution in [-0.2, 0) is 17.6 Å². The molecule has 20 heavy (non-hydrogen) atoms. The van der Waals surface area contributed by atoms with Crippen molar-refractivity contribution < 1.29 is 4.74 Å². The summed E-state index contributed by atoms with van der Waals surface area (Å²) in [4.78, 5) is 11.5. The number of ether oxygens (including phenoxy) is 1. The largest absolute Gasteiger partial charge is 0.383 e. The van der Waals surface area contributed by atoms with E-state index >= 15 is 0 Å². The molecule has 1 aliphatic rings. The maximum absolute atomic E-state index is 5.18. The van der Waals surface area contributed by atoms with Crippen molar-refractivity contribution in [3.8, 4) is 11.3 Å². The molecule has 0 bridgehead atoms. The number of hydrogen-bond acceptors (Lipinski definition) is 5. The Bertz CT molecular complexity index is 556. The van der Waals surface area contributed by atoms with Gasteiger partial charge in [0.25, 0.3) is 0 Å². The molecule has 106 valence electrons. The highest BCUT2D eigenvalue weighted by molar-refractivity contribution is 7.08. The van der Waals surface area contributed by atoms with Crippen molar-refractivity contribution in [3.05, 3.63) is 34.4 Å². The molecule has 0 fully saturated rings. The molecule has 0 radical (unpaired) electrons. The van der Waals surface area contributed by atoms with Crippen LogP contribution in [0.3, 0.4) is 0 Å². The fourth-order valence-electron chi connectivity index (χ4n) is 2.66. The third-order valence-corrected chi connectivity index (χ3v) is 4.47. The lowest BCUT2D eigenvalue weighted by atomic mass is 10.0. The van der Waals surface area contributed by atoms with E-state index in [1.165, 1.54) is 16.8 Å².